The molecule has 0 fully saturated rings. The van der Waals surface area contributed by atoms with Gasteiger partial charge in [0.15, 0.2) is 52.4 Å². The maximum absolute atomic E-state index is 16.7. The lowest BCUT2D eigenvalue weighted by molar-refractivity contribution is 0.378. The van der Waals surface area contributed by atoms with E-state index < -0.39 is 132 Å². The first-order valence-corrected chi connectivity index (χ1v) is 15.0. The minimum Gasteiger partial charge on any atom is -0.207 e. The Morgan fingerprint density at radius 2 is 0.415 bits per heavy atom. The molecule has 0 radical (unpaired) electrons. The second-order valence-corrected chi connectivity index (χ2v) is 11.7. The second kappa shape index (κ2) is 13.4. The minimum atomic E-state index is -6.15. The predicted molar refractivity (Wildman–Crippen MR) is 163 cm³/mol. The fourth-order valence-corrected chi connectivity index (χ4v) is 7.44. The Labute approximate surface area is 288 Å². The first-order valence-electron chi connectivity index (χ1n) is 15.0. The van der Waals surface area contributed by atoms with Gasteiger partial charge in [-0.3, -0.25) is 0 Å². The highest BCUT2D eigenvalue weighted by atomic mass is 19.2. The Bertz CT molecular complexity index is 2050. The van der Waals surface area contributed by atoms with E-state index in [1.54, 1.807) is 0 Å². The monoisotopic (exact) mass is 755 g/mol. The molecule has 0 aromatic heterocycles. The van der Waals surface area contributed by atoms with Crippen molar-refractivity contribution >= 4 is 22.5 Å². The van der Waals surface area contributed by atoms with Crippen molar-refractivity contribution in [1.29, 1.82) is 0 Å². The fourth-order valence-electron chi connectivity index (χ4n) is 7.44. The molecule has 53 heavy (non-hydrogen) atoms. The van der Waals surface area contributed by atoms with E-state index in [-0.39, 0.29) is 0 Å². The van der Waals surface area contributed by atoms with Crippen LogP contribution in [0.1, 0.15) is 16.7 Å². The van der Waals surface area contributed by atoms with Gasteiger partial charge in [-0.05, 0) is 0 Å². The molecule has 16 heteroatoms. The number of hydrogen-bond acceptors (Lipinski definition) is 0. The molecule has 6 rings (SSSR count). The van der Waals surface area contributed by atoms with Crippen molar-refractivity contribution in [2.24, 2.45) is 0 Å². The highest BCUT2D eigenvalue weighted by molar-refractivity contribution is 7.14. The van der Waals surface area contributed by atoms with Gasteiger partial charge < -0.3 is 0 Å². The van der Waals surface area contributed by atoms with Crippen LogP contribution in [0, 0.1) is 87.3 Å². The van der Waals surface area contributed by atoms with E-state index in [4.69, 9.17) is 0 Å². The summed E-state index contributed by atoms with van der Waals surface area (Å²) >= 11 is 0. The molecule has 272 valence electrons. The van der Waals surface area contributed by atoms with Gasteiger partial charge in [-0.2, -0.15) is 0 Å². The molecule has 0 saturated heterocycles. The molecular formula is C37H15BF15-. The summed E-state index contributed by atoms with van der Waals surface area (Å²) in [5.41, 5.74) is -10.2. The van der Waals surface area contributed by atoms with E-state index in [0.29, 0.717) is 0 Å². The Hall–Kier alpha value is -5.67. The van der Waals surface area contributed by atoms with Crippen molar-refractivity contribution in [3.63, 3.8) is 0 Å². The molecule has 0 unspecified atom stereocenters. The molecule has 0 heterocycles. The summed E-state index contributed by atoms with van der Waals surface area (Å²) in [5.74, 6) is -45.9. The normalized spacial score (nSPS) is 12.1. The molecule has 0 amide bonds. The third-order valence-corrected chi connectivity index (χ3v) is 9.37. The van der Waals surface area contributed by atoms with E-state index in [2.05, 4.69) is 0 Å². The largest absolute Gasteiger partial charge is 0.207 e. The Kier molecular flexibility index (Phi) is 9.37. The van der Waals surface area contributed by atoms with Gasteiger partial charge in [0.05, 0.1) is 0 Å². The van der Waals surface area contributed by atoms with E-state index in [1.165, 1.54) is 18.2 Å². The van der Waals surface area contributed by atoms with Crippen LogP contribution < -0.4 is 16.4 Å². The van der Waals surface area contributed by atoms with E-state index in [1.807, 2.05) is 0 Å². The Balaban J connectivity index is 2.22. The van der Waals surface area contributed by atoms with Crippen LogP contribution in [0.5, 0.6) is 0 Å². The smallest absolute Gasteiger partial charge is 0.200 e. The molecule has 0 aliphatic carbocycles. The summed E-state index contributed by atoms with van der Waals surface area (Å²) in [5, 5.41) is -3.46. The lowest BCUT2D eigenvalue weighted by Crippen LogP contribution is -2.83. The van der Waals surface area contributed by atoms with Gasteiger partial charge in [-0.1, -0.05) is 113 Å². The predicted octanol–water partition coefficient (Wildman–Crippen LogP) is 8.82. The average Bonchev–Trinajstić information content (AvgIpc) is 3.17. The van der Waals surface area contributed by atoms with Crippen molar-refractivity contribution in [1.82, 2.24) is 0 Å². The van der Waals surface area contributed by atoms with Crippen LogP contribution in [-0.4, -0.2) is 6.15 Å². The van der Waals surface area contributed by atoms with Crippen LogP contribution in [-0.2, 0) is 5.31 Å². The van der Waals surface area contributed by atoms with Crippen molar-refractivity contribution in [3.05, 3.63) is 195 Å². The van der Waals surface area contributed by atoms with Crippen LogP contribution in [0.15, 0.2) is 91.0 Å². The third kappa shape index (κ3) is 4.97. The second-order valence-electron chi connectivity index (χ2n) is 11.7. The zero-order valence-corrected chi connectivity index (χ0v) is 25.9. The molecule has 6 aromatic carbocycles. The Morgan fingerprint density at radius 1 is 0.245 bits per heavy atom. The number of rotatable bonds is 7. The van der Waals surface area contributed by atoms with E-state index >= 15 is 52.7 Å². The maximum atomic E-state index is 16.7. The molecule has 0 saturated carbocycles. The van der Waals surface area contributed by atoms with E-state index in [0.717, 1.165) is 72.8 Å². The molecule has 0 atom stereocenters. The van der Waals surface area contributed by atoms with Crippen molar-refractivity contribution in [3.8, 4) is 0 Å². The summed E-state index contributed by atoms with van der Waals surface area (Å²) in [4.78, 5) is 0. The first-order chi connectivity index (χ1) is 25.1. The average molecular weight is 755 g/mol. The van der Waals surface area contributed by atoms with Gasteiger partial charge in [0.2, 0.25) is 0 Å². The molecule has 0 N–H and O–H groups in total. The highest BCUT2D eigenvalue weighted by Gasteiger charge is 2.60. The number of hydrogen-bond donors (Lipinski definition) is 0. The quantitative estimate of drug-likeness (QED) is 0.0503. The minimum absolute atomic E-state index is 0.700. The van der Waals surface area contributed by atoms with Gasteiger partial charge in [-0.15, -0.1) is 16.4 Å². The zero-order chi connectivity index (χ0) is 38.7. The van der Waals surface area contributed by atoms with Crippen LogP contribution in [0.25, 0.3) is 0 Å². The summed E-state index contributed by atoms with van der Waals surface area (Å²) < 4.78 is 237. The van der Waals surface area contributed by atoms with Crippen molar-refractivity contribution in [2.45, 2.75) is 5.31 Å². The van der Waals surface area contributed by atoms with Crippen LogP contribution in [0.2, 0.25) is 0 Å². The van der Waals surface area contributed by atoms with Gasteiger partial charge >= 0.3 is 0 Å². The highest BCUT2D eigenvalue weighted by Crippen LogP contribution is 2.48. The molecule has 0 bridgehead atoms. The summed E-state index contributed by atoms with van der Waals surface area (Å²) in [6.07, 6.45) is -6.15. The number of halogens is 15. The van der Waals surface area contributed by atoms with Crippen molar-refractivity contribution in [2.75, 3.05) is 0 Å². The van der Waals surface area contributed by atoms with Gasteiger partial charge in [0.1, 0.15) is 41.0 Å². The molecule has 0 aliphatic rings. The third-order valence-electron chi connectivity index (χ3n) is 9.37. The molecule has 0 nitrogen and oxygen atoms in total. The van der Waals surface area contributed by atoms with Gasteiger partial charge in [-0.25, -0.2) is 65.9 Å². The Morgan fingerprint density at radius 3 is 0.604 bits per heavy atom. The zero-order valence-electron chi connectivity index (χ0n) is 25.9. The first kappa shape index (κ1) is 37.1. The molecule has 6 aromatic rings. The molecule has 0 spiro atoms. The standard InChI is InChI=1S/C37H15BF15/c39-22-19(23(40)29(46)34(51)28(22)45)38(20-24(41)30(47)35(52)31(48)25(20)42,21-26(43)32(49)36(53)33(50)27(21)44)37(16-10-4-1-5-11-16,17-12-6-2-7-13-17)18-14-8-3-9-15-18/h1-15H/q-1. The summed E-state index contributed by atoms with van der Waals surface area (Å²) in [6, 6.07) is 15.6. The van der Waals surface area contributed by atoms with Crippen LogP contribution >= 0.6 is 0 Å². The van der Waals surface area contributed by atoms with E-state index in [9.17, 15) is 13.2 Å². The maximum Gasteiger partial charge on any atom is 0.200 e. The molecule has 0 aliphatic heterocycles. The molecular weight excluding hydrogens is 740 g/mol. The number of benzene rings is 6. The lowest BCUT2D eigenvalue weighted by Gasteiger charge is -2.59. The van der Waals surface area contributed by atoms with Gasteiger partial charge in [0.25, 0.3) is 0 Å². The van der Waals surface area contributed by atoms with Crippen LogP contribution in [0.3, 0.4) is 0 Å². The topological polar surface area (TPSA) is 0 Å². The van der Waals surface area contributed by atoms with Gasteiger partial charge in [0, 0.05) is 0 Å². The summed E-state index contributed by atoms with van der Waals surface area (Å²) in [7, 11) is 0. The fraction of sp³-hybridized carbons (Fsp3) is 0.0270. The summed E-state index contributed by atoms with van der Waals surface area (Å²) in [6.45, 7) is 0. The van der Waals surface area contributed by atoms with Crippen molar-refractivity contribution < 1.29 is 65.9 Å². The SMILES string of the molecule is Fc1c(F)c(F)c([B-](c2c(F)c(F)c(F)c(F)c2F)(c2c(F)c(F)c(F)c(F)c2F)C(c2ccccc2)(c2ccccc2)c2ccccc2)c(F)c1F. The van der Waals surface area contributed by atoms with Crippen LogP contribution in [0.4, 0.5) is 65.9 Å². The lowest BCUT2D eigenvalue weighted by atomic mass is 9.03.